The number of rotatable bonds is 4. The molecule has 1 heterocycles. The van der Waals surface area contributed by atoms with Crippen molar-refractivity contribution in [1.29, 1.82) is 0 Å². The number of carbonyl (C=O) groups excluding carboxylic acids is 1. The van der Waals surface area contributed by atoms with Crippen molar-refractivity contribution < 1.29 is 9.32 Å². The molecule has 2 rings (SSSR count). The van der Waals surface area contributed by atoms with Crippen molar-refractivity contribution in [2.75, 3.05) is 0 Å². The molecule has 0 aliphatic carbocycles. The first-order valence-electron chi connectivity index (χ1n) is 5.13. The Morgan fingerprint density at radius 1 is 1.25 bits per heavy atom. The summed E-state index contributed by atoms with van der Waals surface area (Å²) >= 11 is 0. The molecule has 0 fully saturated rings. The maximum absolute atomic E-state index is 10.9. The molecule has 82 valence electrons. The van der Waals surface area contributed by atoms with Gasteiger partial charge in [0.1, 0.15) is 0 Å². The number of benzene rings is 1. The van der Waals surface area contributed by atoms with Crippen molar-refractivity contribution in [3.63, 3.8) is 0 Å². The lowest BCUT2D eigenvalue weighted by Gasteiger charge is -1.96. The second-order valence-corrected chi connectivity index (χ2v) is 3.56. The summed E-state index contributed by atoms with van der Waals surface area (Å²) < 4.78 is 4.80. The molecule has 0 N–H and O–H groups in total. The van der Waals surface area contributed by atoms with E-state index in [-0.39, 0.29) is 11.7 Å². The second-order valence-electron chi connectivity index (χ2n) is 3.56. The van der Waals surface area contributed by atoms with Crippen LogP contribution in [0.15, 0.2) is 34.9 Å². The van der Waals surface area contributed by atoms with Crippen LogP contribution in [-0.4, -0.2) is 15.9 Å². The van der Waals surface area contributed by atoms with Crippen molar-refractivity contribution >= 4 is 5.78 Å². The number of hydrogen-bond donors (Lipinski definition) is 0. The highest BCUT2D eigenvalue weighted by molar-refractivity contribution is 5.89. The fourth-order valence-corrected chi connectivity index (χ4v) is 1.40. The maximum Gasteiger partial charge on any atom is 0.293 e. The van der Waals surface area contributed by atoms with Gasteiger partial charge in [0.25, 0.3) is 5.89 Å². The summed E-state index contributed by atoms with van der Waals surface area (Å²) in [5, 5.41) is 3.75. The van der Waals surface area contributed by atoms with E-state index in [1.165, 1.54) is 12.5 Å². The molecule has 16 heavy (non-hydrogen) atoms. The summed E-state index contributed by atoms with van der Waals surface area (Å²) in [6.07, 6.45) is 1.53. The van der Waals surface area contributed by atoms with Gasteiger partial charge in [-0.2, -0.15) is 4.98 Å². The van der Waals surface area contributed by atoms with Crippen LogP contribution in [0, 0.1) is 0 Å². The SMILES string of the molecule is CC(=O)c1nc(CCc2ccccc2)no1. The summed E-state index contributed by atoms with van der Waals surface area (Å²) in [5.41, 5.74) is 1.22. The van der Waals surface area contributed by atoms with Crippen LogP contribution in [0.25, 0.3) is 0 Å². The molecule has 2 aromatic rings. The van der Waals surface area contributed by atoms with Gasteiger partial charge < -0.3 is 4.52 Å². The highest BCUT2D eigenvalue weighted by atomic mass is 16.5. The lowest BCUT2D eigenvalue weighted by Crippen LogP contribution is -1.95. The van der Waals surface area contributed by atoms with Crippen LogP contribution in [-0.2, 0) is 12.8 Å². The normalized spacial score (nSPS) is 10.3. The van der Waals surface area contributed by atoms with Crippen molar-refractivity contribution in [2.24, 2.45) is 0 Å². The lowest BCUT2D eigenvalue weighted by atomic mass is 10.1. The van der Waals surface area contributed by atoms with E-state index >= 15 is 0 Å². The van der Waals surface area contributed by atoms with Gasteiger partial charge in [-0.1, -0.05) is 35.5 Å². The van der Waals surface area contributed by atoms with Crippen LogP contribution in [0.3, 0.4) is 0 Å². The van der Waals surface area contributed by atoms with Crippen molar-refractivity contribution in [2.45, 2.75) is 19.8 Å². The first-order valence-corrected chi connectivity index (χ1v) is 5.13. The number of hydrogen-bond acceptors (Lipinski definition) is 4. The van der Waals surface area contributed by atoms with Gasteiger partial charge in [0.2, 0.25) is 5.78 Å². The molecule has 1 aromatic heterocycles. The van der Waals surface area contributed by atoms with Gasteiger partial charge in [0.15, 0.2) is 5.82 Å². The topological polar surface area (TPSA) is 56.0 Å². The van der Waals surface area contributed by atoms with Crippen LogP contribution in [0.4, 0.5) is 0 Å². The molecule has 4 nitrogen and oxygen atoms in total. The Hall–Kier alpha value is -1.97. The molecule has 0 aliphatic rings. The fourth-order valence-electron chi connectivity index (χ4n) is 1.40. The summed E-state index contributed by atoms with van der Waals surface area (Å²) in [5.74, 6) is 0.468. The van der Waals surface area contributed by atoms with E-state index in [1.54, 1.807) is 0 Å². The molecular formula is C12H12N2O2. The average molecular weight is 216 g/mol. The van der Waals surface area contributed by atoms with E-state index in [0.717, 1.165) is 6.42 Å². The molecule has 0 saturated carbocycles. The molecule has 0 saturated heterocycles. The number of aryl methyl sites for hydroxylation is 2. The fraction of sp³-hybridized carbons (Fsp3) is 0.250. The molecule has 0 unspecified atom stereocenters. The van der Waals surface area contributed by atoms with Gasteiger partial charge in [0.05, 0.1) is 0 Å². The summed E-state index contributed by atoms with van der Waals surface area (Å²) in [6, 6.07) is 10.1. The molecule has 0 radical (unpaired) electrons. The number of Topliss-reactive ketones (excluding diaryl/α,β-unsaturated/α-hetero) is 1. The molecule has 4 heteroatoms. The maximum atomic E-state index is 10.9. The quantitative estimate of drug-likeness (QED) is 0.734. The predicted molar refractivity (Wildman–Crippen MR) is 58.2 cm³/mol. The van der Waals surface area contributed by atoms with Crippen LogP contribution in [0.1, 0.15) is 29.0 Å². The predicted octanol–water partition coefficient (Wildman–Crippen LogP) is 2.06. The molecular weight excluding hydrogens is 204 g/mol. The first-order chi connectivity index (χ1) is 7.75. The summed E-state index contributed by atoms with van der Waals surface area (Å²) in [6.45, 7) is 1.41. The third-order valence-electron chi connectivity index (χ3n) is 2.25. The summed E-state index contributed by atoms with van der Waals surface area (Å²) in [4.78, 5) is 14.9. The van der Waals surface area contributed by atoms with Crippen molar-refractivity contribution in [1.82, 2.24) is 10.1 Å². The Morgan fingerprint density at radius 2 is 2.00 bits per heavy atom. The zero-order valence-corrected chi connectivity index (χ0v) is 9.01. The number of nitrogens with zero attached hydrogens (tertiary/aromatic N) is 2. The average Bonchev–Trinajstić information content (AvgIpc) is 2.76. The third kappa shape index (κ3) is 2.53. The van der Waals surface area contributed by atoms with Gasteiger partial charge in [0, 0.05) is 13.3 Å². The zero-order chi connectivity index (χ0) is 11.4. The minimum absolute atomic E-state index is 0.0862. The van der Waals surface area contributed by atoms with E-state index in [9.17, 15) is 4.79 Å². The van der Waals surface area contributed by atoms with Gasteiger partial charge in [-0.15, -0.1) is 0 Å². The number of ketones is 1. The van der Waals surface area contributed by atoms with E-state index in [2.05, 4.69) is 10.1 Å². The standard InChI is InChI=1S/C12H12N2O2/c1-9(15)12-13-11(14-16-12)8-7-10-5-3-2-4-6-10/h2-6H,7-8H2,1H3. The zero-order valence-electron chi connectivity index (χ0n) is 9.01. The van der Waals surface area contributed by atoms with Crippen LogP contribution >= 0.6 is 0 Å². The lowest BCUT2D eigenvalue weighted by molar-refractivity contribution is 0.0972. The Balaban J connectivity index is 1.97. The second kappa shape index (κ2) is 4.70. The van der Waals surface area contributed by atoms with Gasteiger partial charge in [-0.05, 0) is 12.0 Å². The summed E-state index contributed by atoms with van der Waals surface area (Å²) in [7, 11) is 0. The van der Waals surface area contributed by atoms with Crippen LogP contribution < -0.4 is 0 Å². The molecule has 0 atom stereocenters. The monoisotopic (exact) mass is 216 g/mol. The van der Waals surface area contributed by atoms with Crippen molar-refractivity contribution in [3.05, 3.63) is 47.6 Å². The van der Waals surface area contributed by atoms with E-state index in [1.807, 2.05) is 30.3 Å². The minimum atomic E-state index is -0.196. The Morgan fingerprint density at radius 3 is 2.62 bits per heavy atom. The third-order valence-corrected chi connectivity index (χ3v) is 2.25. The van der Waals surface area contributed by atoms with E-state index in [0.29, 0.717) is 12.2 Å². The minimum Gasteiger partial charge on any atom is -0.331 e. The van der Waals surface area contributed by atoms with Crippen LogP contribution in [0.2, 0.25) is 0 Å². The molecule has 0 bridgehead atoms. The van der Waals surface area contributed by atoms with Gasteiger partial charge >= 0.3 is 0 Å². The van der Waals surface area contributed by atoms with Crippen LogP contribution in [0.5, 0.6) is 0 Å². The molecule has 1 aromatic carbocycles. The van der Waals surface area contributed by atoms with Gasteiger partial charge in [-0.3, -0.25) is 4.79 Å². The molecule has 0 spiro atoms. The smallest absolute Gasteiger partial charge is 0.293 e. The Kier molecular flexibility index (Phi) is 3.10. The first kappa shape index (κ1) is 10.5. The number of aromatic nitrogens is 2. The largest absolute Gasteiger partial charge is 0.331 e. The molecule has 0 aliphatic heterocycles. The highest BCUT2D eigenvalue weighted by Gasteiger charge is 2.09. The van der Waals surface area contributed by atoms with Gasteiger partial charge in [-0.25, -0.2) is 0 Å². The number of carbonyl (C=O) groups is 1. The van der Waals surface area contributed by atoms with E-state index < -0.39 is 0 Å². The Bertz CT molecular complexity index is 477. The Labute approximate surface area is 93.3 Å². The molecule has 0 amide bonds. The highest BCUT2D eigenvalue weighted by Crippen LogP contribution is 2.05. The van der Waals surface area contributed by atoms with Crippen molar-refractivity contribution in [3.8, 4) is 0 Å². The van der Waals surface area contributed by atoms with E-state index in [4.69, 9.17) is 4.52 Å².